The topological polar surface area (TPSA) is 26.0 Å². The van der Waals surface area contributed by atoms with Crippen molar-refractivity contribution in [2.24, 2.45) is 5.73 Å². The van der Waals surface area contributed by atoms with Gasteiger partial charge >= 0.3 is 0 Å². The molecular weight excluding hydrogens is 220 g/mol. The van der Waals surface area contributed by atoms with Gasteiger partial charge in [0.15, 0.2) is 0 Å². The zero-order chi connectivity index (χ0) is 11.5. The van der Waals surface area contributed by atoms with Crippen molar-refractivity contribution >= 4 is 11.6 Å². The van der Waals surface area contributed by atoms with E-state index < -0.39 is 11.5 Å². The van der Waals surface area contributed by atoms with Crippen molar-refractivity contribution < 1.29 is 8.78 Å². The predicted octanol–water partition coefficient (Wildman–Crippen LogP) is 3.10. The molecule has 0 saturated carbocycles. The van der Waals surface area contributed by atoms with Gasteiger partial charge in [-0.25, -0.2) is 8.78 Å². The van der Waals surface area contributed by atoms with E-state index in [9.17, 15) is 8.78 Å². The lowest BCUT2D eigenvalue weighted by Crippen LogP contribution is -2.34. The van der Waals surface area contributed by atoms with Gasteiger partial charge < -0.3 is 5.73 Å². The average molecular weight is 234 g/mol. The van der Waals surface area contributed by atoms with Crippen LogP contribution in [0.3, 0.4) is 0 Å². The van der Waals surface area contributed by atoms with Crippen LogP contribution >= 0.6 is 11.6 Å². The summed E-state index contributed by atoms with van der Waals surface area (Å²) in [5.74, 6) is -0.553. The fraction of sp³-hybridized carbons (Fsp3) is 0.455. The van der Waals surface area contributed by atoms with Crippen molar-refractivity contribution in [3.05, 3.63) is 34.6 Å². The maximum atomic E-state index is 13.9. The van der Waals surface area contributed by atoms with E-state index in [4.69, 9.17) is 17.3 Å². The predicted molar refractivity (Wildman–Crippen MR) is 58.3 cm³/mol. The Morgan fingerprint density at radius 3 is 2.67 bits per heavy atom. The Hall–Kier alpha value is -0.670. The van der Waals surface area contributed by atoms with Crippen molar-refractivity contribution in [2.75, 3.05) is 6.54 Å². The molecular formula is C11H14ClF2N. The lowest BCUT2D eigenvalue weighted by atomic mass is 9.93. The van der Waals surface area contributed by atoms with Crippen LogP contribution in [0.1, 0.15) is 18.9 Å². The average Bonchev–Trinajstić information content (AvgIpc) is 2.25. The van der Waals surface area contributed by atoms with E-state index in [0.29, 0.717) is 0 Å². The third kappa shape index (κ3) is 2.89. The normalized spacial score (nSPS) is 15.0. The second-order valence-corrected chi connectivity index (χ2v) is 4.01. The molecule has 0 aliphatic carbocycles. The van der Waals surface area contributed by atoms with Crippen LogP contribution in [-0.4, -0.2) is 12.2 Å². The van der Waals surface area contributed by atoms with Crippen molar-refractivity contribution in [3.63, 3.8) is 0 Å². The van der Waals surface area contributed by atoms with Gasteiger partial charge in [0.05, 0.1) is 5.02 Å². The molecule has 15 heavy (non-hydrogen) atoms. The van der Waals surface area contributed by atoms with Gasteiger partial charge in [0.25, 0.3) is 0 Å². The van der Waals surface area contributed by atoms with Gasteiger partial charge in [0.2, 0.25) is 0 Å². The lowest BCUT2D eigenvalue weighted by molar-refractivity contribution is 0.166. The maximum absolute atomic E-state index is 13.9. The number of nitrogens with two attached hydrogens (primary N) is 1. The molecule has 0 aromatic heterocycles. The molecule has 1 nitrogen and oxygen atoms in total. The molecule has 0 bridgehead atoms. The van der Waals surface area contributed by atoms with Gasteiger partial charge in [-0.2, -0.15) is 0 Å². The van der Waals surface area contributed by atoms with Gasteiger partial charge in [-0.15, -0.1) is 0 Å². The van der Waals surface area contributed by atoms with Gasteiger partial charge in [-0.3, -0.25) is 0 Å². The van der Waals surface area contributed by atoms with Gasteiger partial charge in [-0.1, -0.05) is 30.7 Å². The smallest absolute Gasteiger partial charge is 0.145 e. The summed E-state index contributed by atoms with van der Waals surface area (Å²) in [5, 5.41) is 0.0166. The van der Waals surface area contributed by atoms with Crippen molar-refractivity contribution in [1.82, 2.24) is 0 Å². The Morgan fingerprint density at radius 1 is 1.47 bits per heavy atom. The monoisotopic (exact) mass is 233 g/mol. The summed E-state index contributed by atoms with van der Waals surface area (Å²) in [7, 11) is 0. The highest BCUT2D eigenvalue weighted by Gasteiger charge is 2.27. The first-order chi connectivity index (χ1) is 7.02. The first kappa shape index (κ1) is 12.4. The molecule has 0 saturated heterocycles. The van der Waals surface area contributed by atoms with E-state index in [1.807, 2.05) is 0 Å². The Kier molecular flexibility index (Phi) is 4.05. The number of benzene rings is 1. The number of halogens is 3. The Balaban J connectivity index is 2.94. The van der Waals surface area contributed by atoms with E-state index in [1.54, 1.807) is 13.0 Å². The van der Waals surface area contributed by atoms with Gasteiger partial charge in [-0.05, 0) is 18.1 Å². The standard InChI is InChI=1S/C11H14ClF2N/c1-2-11(14,7-15)6-8-4-3-5-9(12)10(8)13/h3-5H,2,6-7,15H2,1H3. The van der Waals surface area contributed by atoms with Crippen LogP contribution in [-0.2, 0) is 6.42 Å². The van der Waals surface area contributed by atoms with Crippen LogP contribution in [0.25, 0.3) is 0 Å². The second-order valence-electron chi connectivity index (χ2n) is 3.60. The fourth-order valence-electron chi connectivity index (χ4n) is 1.37. The Labute approximate surface area is 93.2 Å². The van der Waals surface area contributed by atoms with E-state index >= 15 is 0 Å². The Bertz CT molecular complexity index is 337. The summed E-state index contributed by atoms with van der Waals surface area (Å²) in [6.07, 6.45) is 0.224. The van der Waals surface area contributed by atoms with Crippen LogP contribution < -0.4 is 5.73 Å². The third-order valence-electron chi connectivity index (χ3n) is 2.54. The van der Waals surface area contributed by atoms with E-state index in [-0.39, 0.29) is 30.0 Å². The first-order valence-corrected chi connectivity index (χ1v) is 5.22. The number of alkyl halides is 1. The van der Waals surface area contributed by atoms with Gasteiger partial charge in [0, 0.05) is 13.0 Å². The zero-order valence-corrected chi connectivity index (χ0v) is 9.32. The van der Waals surface area contributed by atoms with Gasteiger partial charge in [0.1, 0.15) is 11.5 Å². The third-order valence-corrected chi connectivity index (χ3v) is 2.83. The number of hydrogen-bond donors (Lipinski definition) is 1. The maximum Gasteiger partial charge on any atom is 0.145 e. The summed E-state index contributed by atoms with van der Waals surface area (Å²) in [6.45, 7) is 1.57. The molecule has 1 rings (SSSR count). The van der Waals surface area contributed by atoms with Crippen molar-refractivity contribution in [3.8, 4) is 0 Å². The first-order valence-electron chi connectivity index (χ1n) is 4.84. The quantitative estimate of drug-likeness (QED) is 0.850. The van der Waals surface area contributed by atoms with E-state index in [0.717, 1.165) is 0 Å². The van der Waals surface area contributed by atoms with E-state index in [2.05, 4.69) is 0 Å². The minimum atomic E-state index is -1.55. The number of hydrogen-bond acceptors (Lipinski definition) is 1. The SMILES string of the molecule is CCC(F)(CN)Cc1cccc(Cl)c1F. The largest absolute Gasteiger partial charge is 0.328 e. The summed E-state index contributed by atoms with van der Waals surface area (Å²) >= 11 is 5.60. The van der Waals surface area contributed by atoms with Crippen LogP contribution in [0.4, 0.5) is 8.78 Å². The fourth-order valence-corrected chi connectivity index (χ4v) is 1.56. The van der Waals surface area contributed by atoms with Crippen molar-refractivity contribution in [2.45, 2.75) is 25.4 Å². The molecule has 0 aliphatic rings. The van der Waals surface area contributed by atoms with Crippen LogP contribution in [0.2, 0.25) is 5.02 Å². The van der Waals surface area contributed by atoms with Crippen molar-refractivity contribution in [1.29, 1.82) is 0 Å². The number of rotatable bonds is 4. The molecule has 0 fully saturated rings. The molecule has 1 aromatic carbocycles. The van der Waals surface area contributed by atoms with Crippen LogP contribution in [0.5, 0.6) is 0 Å². The summed E-state index contributed by atoms with van der Waals surface area (Å²) < 4.78 is 27.4. The Morgan fingerprint density at radius 2 is 2.13 bits per heavy atom. The minimum absolute atomic E-state index is 0.0166. The molecule has 0 aliphatic heterocycles. The molecule has 84 valence electrons. The highest BCUT2D eigenvalue weighted by Crippen LogP contribution is 2.25. The molecule has 1 atom stereocenters. The van der Waals surface area contributed by atoms with E-state index in [1.165, 1.54) is 12.1 Å². The molecule has 0 amide bonds. The molecule has 1 unspecified atom stereocenters. The molecule has 1 aromatic rings. The lowest BCUT2D eigenvalue weighted by Gasteiger charge is -2.22. The summed E-state index contributed by atoms with van der Waals surface area (Å²) in [6, 6.07) is 4.57. The molecule has 0 radical (unpaired) electrons. The molecule has 4 heteroatoms. The highest BCUT2D eigenvalue weighted by molar-refractivity contribution is 6.30. The second kappa shape index (κ2) is 4.90. The minimum Gasteiger partial charge on any atom is -0.328 e. The summed E-state index contributed by atoms with van der Waals surface area (Å²) in [4.78, 5) is 0. The van der Waals surface area contributed by atoms with Crippen LogP contribution in [0.15, 0.2) is 18.2 Å². The molecule has 0 heterocycles. The molecule has 0 spiro atoms. The van der Waals surface area contributed by atoms with Crippen LogP contribution in [0, 0.1) is 5.82 Å². The summed E-state index contributed by atoms with van der Waals surface area (Å²) in [5.41, 5.74) is 4.05. The highest BCUT2D eigenvalue weighted by atomic mass is 35.5. The molecule has 2 N–H and O–H groups in total. The zero-order valence-electron chi connectivity index (χ0n) is 8.56.